The number of hydrogen-bond acceptors (Lipinski definition) is 1. The first-order chi connectivity index (χ1) is 6.15. The first kappa shape index (κ1) is 10.5. The molecule has 0 aliphatic heterocycles. The van der Waals surface area contributed by atoms with Gasteiger partial charge in [0.15, 0.2) is 5.78 Å². The van der Waals surface area contributed by atoms with E-state index in [4.69, 9.17) is 23.2 Å². The molecule has 0 saturated carbocycles. The second-order valence-corrected chi connectivity index (χ2v) is 3.27. The molecule has 0 atom stereocenters. The maximum absolute atomic E-state index is 12.7. The van der Waals surface area contributed by atoms with E-state index in [1.54, 1.807) is 0 Å². The number of ketones is 1. The lowest BCUT2D eigenvalue weighted by atomic mass is 10.1. The highest BCUT2D eigenvalue weighted by atomic mass is 35.5. The van der Waals surface area contributed by atoms with Crippen LogP contribution in [0.2, 0.25) is 5.02 Å². The summed E-state index contributed by atoms with van der Waals surface area (Å²) >= 11 is 11.1. The molecule has 0 fully saturated rings. The minimum absolute atomic E-state index is 0.171. The molecule has 13 heavy (non-hydrogen) atoms. The Morgan fingerprint density at radius 2 is 2.15 bits per heavy atom. The molecule has 0 aliphatic rings. The molecule has 1 nitrogen and oxygen atoms in total. The van der Waals surface area contributed by atoms with Crippen LogP contribution in [0.25, 0.3) is 0 Å². The minimum atomic E-state index is -0.470. The molecule has 0 radical (unpaired) electrons. The zero-order valence-corrected chi connectivity index (χ0v) is 8.20. The van der Waals surface area contributed by atoms with Crippen molar-refractivity contribution >= 4 is 29.0 Å². The van der Waals surface area contributed by atoms with Gasteiger partial charge in [-0.1, -0.05) is 11.6 Å². The van der Waals surface area contributed by atoms with Crippen molar-refractivity contribution in [3.8, 4) is 0 Å². The quantitative estimate of drug-likeness (QED) is 0.565. The van der Waals surface area contributed by atoms with Gasteiger partial charge in [-0.2, -0.15) is 0 Å². The van der Waals surface area contributed by atoms with Gasteiger partial charge in [0.25, 0.3) is 0 Å². The Bertz CT molecular complexity index is 325. The summed E-state index contributed by atoms with van der Waals surface area (Å²) in [7, 11) is 0. The normalized spacial score (nSPS) is 10.1. The van der Waals surface area contributed by atoms with Gasteiger partial charge in [-0.25, -0.2) is 4.39 Å². The van der Waals surface area contributed by atoms with Crippen molar-refractivity contribution in [2.24, 2.45) is 0 Å². The van der Waals surface area contributed by atoms with E-state index in [9.17, 15) is 9.18 Å². The molecule has 0 spiro atoms. The summed E-state index contributed by atoms with van der Waals surface area (Å²) in [6, 6.07) is 3.69. The number of alkyl halides is 1. The van der Waals surface area contributed by atoms with Crippen LogP contribution in [-0.2, 0) is 0 Å². The van der Waals surface area contributed by atoms with Crippen LogP contribution < -0.4 is 0 Å². The Balaban J connectivity index is 2.99. The summed E-state index contributed by atoms with van der Waals surface area (Å²) < 4.78 is 12.7. The minimum Gasteiger partial charge on any atom is -0.294 e. The van der Waals surface area contributed by atoms with E-state index in [1.165, 1.54) is 12.1 Å². The van der Waals surface area contributed by atoms with Gasteiger partial charge in [0, 0.05) is 17.9 Å². The molecule has 1 aromatic carbocycles. The van der Waals surface area contributed by atoms with E-state index in [-0.39, 0.29) is 28.7 Å². The first-order valence-corrected chi connectivity index (χ1v) is 4.60. The number of carbonyl (C=O) groups excluding carboxylic acids is 1. The van der Waals surface area contributed by atoms with E-state index in [2.05, 4.69) is 0 Å². The zero-order chi connectivity index (χ0) is 9.84. The second kappa shape index (κ2) is 4.58. The van der Waals surface area contributed by atoms with Crippen molar-refractivity contribution in [3.63, 3.8) is 0 Å². The number of Topliss-reactive ketones (excluding diaryl/α,β-unsaturated/α-hetero) is 1. The number of benzene rings is 1. The largest absolute Gasteiger partial charge is 0.294 e. The highest BCUT2D eigenvalue weighted by Gasteiger charge is 2.10. The van der Waals surface area contributed by atoms with Crippen LogP contribution >= 0.6 is 23.2 Å². The molecule has 0 N–H and O–H groups in total. The third-order valence-corrected chi connectivity index (χ3v) is 2.07. The third-order valence-electron chi connectivity index (χ3n) is 1.55. The van der Waals surface area contributed by atoms with Crippen LogP contribution in [0, 0.1) is 5.82 Å². The number of hydrogen-bond donors (Lipinski definition) is 0. The van der Waals surface area contributed by atoms with Crippen molar-refractivity contribution < 1.29 is 9.18 Å². The van der Waals surface area contributed by atoms with Crippen LogP contribution in [0.3, 0.4) is 0 Å². The van der Waals surface area contributed by atoms with Crippen molar-refractivity contribution in [1.29, 1.82) is 0 Å². The van der Waals surface area contributed by atoms with Gasteiger partial charge in [-0.3, -0.25) is 4.79 Å². The Morgan fingerprint density at radius 1 is 1.46 bits per heavy atom. The Hall–Kier alpha value is -0.600. The number of halogens is 3. The lowest BCUT2D eigenvalue weighted by Gasteiger charge is -2.01. The van der Waals surface area contributed by atoms with Gasteiger partial charge in [-0.05, 0) is 18.2 Å². The summed E-state index contributed by atoms with van der Waals surface area (Å²) in [5.41, 5.74) is 0.197. The molecule has 1 rings (SSSR count). The van der Waals surface area contributed by atoms with Gasteiger partial charge in [0.05, 0.1) is 5.02 Å². The van der Waals surface area contributed by atoms with Crippen LogP contribution in [0.4, 0.5) is 4.39 Å². The molecular weight excluding hydrogens is 214 g/mol. The van der Waals surface area contributed by atoms with Gasteiger partial charge < -0.3 is 0 Å². The predicted octanol–water partition coefficient (Wildman–Crippen LogP) is 3.29. The fourth-order valence-corrected chi connectivity index (χ4v) is 1.33. The van der Waals surface area contributed by atoms with Crippen LogP contribution in [0.15, 0.2) is 18.2 Å². The SMILES string of the molecule is O=C(CCCl)c1cc(F)ccc1Cl. The lowest BCUT2D eigenvalue weighted by Crippen LogP contribution is -2.01. The number of rotatable bonds is 3. The fourth-order valence-electron chi connectivity index (χ4n) is 0.932. The topological polar surface area (TPSA) is 17.1 Å². The van der Waals surface area contributed by atoms with Crippen molar-refractivity contribution in [2.75, 3.05) is 5.88 Å². The maximum atomic E-state index is 12.7. The fraction of sp³-hybridized carbons (Fsp3) is 0.222. The summed E-state index contributed by atoms with van der Waals surface area (Å²) in [5.74, 6) is -0.493. The molecule has 0 amide bonds. The molecule has 0 aliphatic carbocycles. The predicted molar refractivity (Wildman–Crippen MR) is 51.1 cm³/mol. The molecule has 70 valence electrons. The van der Waals surface area contributed by atoms with E-state index in [0.29, 0.717) is 0 Å². The summed E-state index contributed by atoms with van der Waals surface area (Å²) in [6.45, 7) is 0. The highest BCUT2D eigenvalue weighted by molar-refractivity contribution is 6.34. The van der Waals surface area contributed by atoms with Crippen molar-refractivity contribution in [3.05, 3.63) is 34.6 Å². The second-order valence-electron chi connectivity index (χ2n) is 2.49. The molecule has 0 saturated heterocycles. The Morgan fingerprint density at radius 3 is 2.77 bits per heavy atom. The van der Waals surface area contributed by atoms with Gasteiger partial charge >= 0.3 is 0 Å². The van der Waals surface area contributed by atoms with Gasteiger partial charge in [-0.15, -0.1) is 11.6 Å². The summed E-state index contributed by atoms with van der Waals surface area (Å²) in [6.07, 6.45) is 0.171. The van der Waals surface area contributed by atoms with E-state index in [1.807, 2.05) is 0 Å². The maximum Gasteiger partial charge on any atom is 0.165 e. The van der Waals surface area contributed by atoms with E-state index in [0.717, 1.165) is 6.07 Å². The Labute approximate surface area is 85.5 Å². The Kier molecular flexibility index (Phi) is 3.70. The van der Waals surface area contributed by atoms with Gasteiger partial charge in [0.1, 0.15) is 5.82 Å². The van der Waals surface area contributed by atoms with Crippen molar-refractivity contribution in [2.45, 2.75) is 6.42 Å². The third kappa shape index (κ3) is 2.68. The molecule has 0 heterocycles. The molecule has 0 unspecified atom stereocenters. The monoisotopic (exact) mass is 220 g/mol. The van der Waals surface area contributed by atoms with Crippen LogP contribution in [0.5, 0.6) is 0 Å². The number of carbonyl (C=O) groups is 1. The van der Waals surface area contributed by atoms with Crippen LogP contribution in [-0.4, -0.2) is 11.7 Å². The first-order valence-electron chi connectivity index (χ1n) is 3.69. The average Bonchev–Trinajstić information content (AvgIpc) is 2.09. The van der Waals surface area contributed by atoms with Crippen molar-refractivity contribution in [1.82, 2.24) is 0 Å². The molecule has 1 aromatic rings. The summed E-state index contributed by atoms with van der Waals surface area (Å²) in [4.78, 5) is 11.3. The van der Waals surface area contributed by atoms with E-state index >= 15 is 0 Å². The smallest absolute Gasteiger partial charge is 0.165 e. The standard InChI is InChI=1S/C9H7Cl2FO/c10-4-3-9(13)7-5-6(12)1-2-8(7)11/h1-2,5H,3-4H2. The van der Waals surface area contributed by atoms with E-state index < -0.39 is 5.82 Å². The van der Waals surface area contributed by atoms with Crippen LogP contribution in [0.1, 0.15) is 16.8 Å². The molecule has 4 heteroatoms. The van der Waals surface area contributed by atoms with Gasteiger partial charge in [0.2, 0.25) is 0 Å². The summed E-state index contributed by atoms with van der Waals surface area (Å²) in [5, 5.41) is 0.261. The molecule has 0 aromatic heterocycles. The highest BCUT2D eigenvalue weighted by Crippen LogP contribution is 2.18. The molecular formula is C9H7Cl2FO. The molecule has 0 bridgehead atoms. The zero-order valence-electron chi connectivity index (χ0n) is 6.69. The average molecular weight is 221 g/mol. The lowest BCUT2D eigenvalue weighted by molar-refractivity contribution is 0.0989.